The van der Waals surface area contributed by atoms with Gasteiger partial charge in [0.05, 0.1) is 13.2 Å². The summed E-state index contributed by atoms with van der Waals surface area (Å²) in [5, 5.41) is 12.9. The van der Waals surface area contributed by atoms with E-state index < -0.39 is 0 Å². The van der Waals surface area contributed by atoms with Gasteiger partial charge in [-0.25, -0.2) is 0 Å². The zero-order valence-electron chi connectivity index (χ0n) is 10.8. The molecule has 2 N–H and O–H groups in total. The molecule has 2 aliphatic rings. The van der Waals surface area contributed by atoms with Crippen molar-refractivity contribution in [3.05, 3.63) is 29.8 Å². The van der Waals surface area contributed by atoms with Crippen molar-refractivity contribution in [3.63, 3.8) is 0 Å². The van der Waals surface area contributed by atoms with Gasteiger partial charge in [-0.05, 0) is 49.3 Å². The minimum Gasteiger partial charge on any atom is -0.497 e. The highest BCUT2D eigenvalue weighted by atomic mass is 16.5. The maximum Gasteiger partial charge on any atom is 0.119 e. The molecule has 2 saturated carbocycles. The predicted molar refractivity (Wildman–Crippen MR) is 70.9 cm³/mol. The Hall–Kier alpha value is -1.06. The van der Waals surface area contributed by atoms with Crippen molar-refractivity contribution in [1.29, 1.82) is 0 Å². The fourth-order valence-electron chi connectivity index (χ4n) is 2.98. The lowest BCUT2D eigenvalue weighted by Gasteiger charge is -2.42. The van der Waals surface area contributed by atoms with E-state index in [4.69, 9.17) is 4.74 Å². The Kier molecular flexibility index (Phi) is 3.27. The molecule has 3 nitrogen and oxygen atoms in total. The lowest BCUT2D eigenvalue weighted by Crippen LogP contribution is -2.52. The van der Waals surface area contributed by atoms with E-state index in [1.807, 2.05) is 6.07 Å². The van der Waals surface area contributed by atoms with Crippen LogP contribution in [-0.4, -0.2) is 30.4 Å². The first-order chi connectivity index (χ1) is 8.74. The smallest absolute Gasteiger partial charge is 0.119 e. The number of hydrogen-bond acceptors (Lipinski definition) is 3. The van der Waals surface area contributed by atoms with E-state index in [-0.39, 0.29) is 6.10 Å². The molecule has 0 aromatic heterocycles. The van der Waals surface area contributed by atoms with Crippen molar-refractivity contribution >= 4 is 0 Å². The van der Waals surface area contributed by atoms with Gasteiger partial charge in [-0.1, -0.05) is 12.1 Å². The first-order valence-corrected chi connectivity index (χ1v) is 6.82. The summed E-state index contributed by atoms with van der Waals surface area (Å²) in [5.41, 5.74) is 1.39. The number of benzene rings is 1. The van der Waals surface area contributed by atoms with Crippen LogP contribution in [0.5, 0.6) is 5.75 Å². The second-order valence-corrected chi connectivity index (χ2v) is 5.63. The topological polar surface area (TPSA) is 41.5 Å². The van der Waals surface area contributed by atoms with Crippen molar-refractivity contribution in [2.45, 2.75) is 49.8 Å². The van der Waals surface area contributed by atoms with E-state index in [2.05, 4.69) is 23.5 Å². The SMILES string of the molecule is COc1cccc(C2CC(NC3CC(O)C3)C2)c1. The molecule has 2 fully saturated rings. The molecule has 0 unspecified atom stereocenters. The summed E-state index contributed by atoms with van der Waals surface area (Å²) in [6, 6.07) is 9.59. The third-order valence-electron chi connectivity index (χ3n) is 4.29. The average molecular weight is 247 g/mol. The minimum atomic E-state index is -0.0586. The molecule has 3 heteroatoms. The zero-order valence-corrected chi connectivity index (χ0v) is 10.8. The van der Waals surface area contributed by atoms with Gasteiger partial charge in [-0.2, -0.15) is 0 Å². The Labute approximate surface area is 108 Å². The van der Waals surface area contributed by atoms with Crippen LogP contribution in [0.2, 0.25) is 0 Å². The van der Waals surface area contributed by atoms with Gasteiger partial charge >= 0.3 is 0 Å². The van der Waals surface area contributed by atoms with Gasteiger partial charge in [-0.3, -0.25) is 0 Å². The second kappa shape index (κ2) is 4.90. The molecule has 0 radical (unpaired) electrons. The Morgan fingerprint density at radius 3 is 2.56 bits per heavy atom. The van der Waals surface area contributed by atoms with Gasteiger partial charge in [0.25, 0.3) is 0 Å². The van der Waals surface area contributed by atoms with Crippen LogP contribution < -0.4 is 10.1 Å². The van der Waals surface area contributed by atoms with Gasteiger partial charge < -0.3 is 15.2 Å². The van der Waals surface area contributed by atoms with Gasteiger partial charge in [0.1, 0.15) is 5.75 Å². The van der Waals surface area contributed by atoms with Crippen LogP contribution in [0.3, 0.4) is 0 Å². The molecule has 0 atom stereocenters. The lowest BCUT2D eigenvalue weighted by molar-refractivity contribution is 0.0506. The van der Waals surface area contributed by atoms with Crippen molar-refractivity contribution in [3.8, 4) is 5.75 Å². The number of ether oxygens (including phenoxy) is 1. The molecule has 1 aromatic rings. The Bertz CT molecular complexity index is 409. The number of nitrogens with one attached hydrogen (secondary N) is 1. The van der Waals surface area contributed by atoms with Crippen LogP contribution in [0.4, 0.5) is 0 Å². The molecular formula is C15H21NO2. The summed E-state index contributed by atoms with van der Waals surface area (Å²) in [5.74, 6) is 1.62. The molecule has 0 amide bonds. The largest absolute Gasteiger partial charge is 0.497 e. The zero-order chi connectivity index (χ0) is 12.5. The highest BCUT2D eigenvalue weighted by molar-refractivity contribution is 5.32. The Morgan fingerprint density at radius 1 is 1.17 bits per heavy atom. The summed E-state index contributed by atoms with van der Waals surface area (Å²) < 4.78 is 5.26. The maximum atomic E-state index is 9.26. The van der Waals surface area contributed by atoms with Gasteiger partial charge in [0.2, 0.25) is 0 Å². The first-order valence-electron chi connectivity index (χ1n) is 6.82. The van der Waals surface area contributed by atoms with Crippen LogP contribution in [-0.2, 0) is 0 Å². The minimum absolute atomic E-state index is 0.0586. The van der Waals surface area contributed by atoms with Crippen LogP contribution in [0, 0.1) is 0 Å². The quantitative estimate of drug-likeness (QED) is 0.855. The van der Waals surface area contributed by atoms with Crippen LogP contribution in [0.1, 0.15) is 37.2 Å². The van der Waals surface area contributed by atoms with Crippen LogP contribution in [0.25, 0.3) is 0 Å². The third kappa shape index (κ3) is 2.38. The van der Waals surface area contributed by atoms with E-state index in [1.54, 1.807) is 7.11 Å². The number of rotatable bonds is 4. The van der Waals surface area contributed by atoms with Gasteiger partial charge in [-0.15, -0.1) is 0 Å². The Balaban J connectivity index is 1.49. The molecule has 2 aliphatic carbocycles. The van der Waals surface area contributed by atoms with Gasteiger partial charge in [0.15, 0.2) is 0 Å². The normalized spacial score (nSPS) is 34.6. The molecule has 3 rings (SSSR count). The van der Waals surface area contributed by atoms with E-state index >= 15 is 0 Å². The fourth-order valence-corrected chi connectivity index (χ4v) is 2.98. The maximum absolute atomic E-state index is 9.26. The number of methoxy groups -OCH3 is 1. The molecule has 1 aromatic carbocycles. The summed E-state index contributed by atoms with van der Waals surface area (Å²) in [6.07, 6.45) is 4.22. The van der Waals surface area contributed by atoms with Crippen molar-refractivity contribution in [2.75, 3.05) is 7.11 Å². The fraction of sp³-hybridized carbons (Fsp3) is 0.600. The number of aliphatic hydroxyl groups excluding tert-OH is 1. The molecule has 0 aliphatic heterocycles. The van der Waals surface area contributed by atoms with E-state index in [0.29, 0.717) is 18.0 Å². The molecule has 98 valence electrons. The van der Waals surface area contributed by atoms with E-state index in [9.17, 15) is 5.11 Å². The van der Waals surface area contributed by atoms with Crippen molar-refractivity contribution in [2.24, 2.45) is 0 Å². The van der Waals surface area contributed by atoms with E-state index in [0.717, 1.165) is 18.6 Å². The highest BCUT2D eigenvalue weighted by Gasteiger charge is 2.35. The number of aliphatic hydroxyl groups is 1. The molecule has 0 heterocycles. The summed E-state index contributed by atoms with van der Waals surface area (Å²) in [7, 11) is 1.71. The summed E-state index contributed by atoms with van der Waals surface area (Å²) in [6.45, 7) is 0. The van der Waals surface area contributed by atoms with Gasteiger partial charge in [0, 0.05) is 12.1 Å². The highest BCUT2D eigenvalue weighted by Crippen LogP contribution is 2.39. The average Bonchev–Trinajstić information content (AvgIpc) is 2.30. The molecule has 18 heavy (non-hydrogen) atoms. The van der Waals surface area contributed by atoms with Crippen molar-refractivity contribution < 1.29 is 9.84 Å². The van der Waals surface area contributed by atoms with E-state index in [1.165, 1.54) is 18.4 Å². The molecular weight excluding hydrogens is 226 g/mol. The Morgan fingerprint density at radius 2 is 1.89 bits per heavy atom. The standard InChI is InChI=1S/C15H21NO2/c1-18-15-4-2-3-10(7-15)11-5-12(6-11)16-13-8-14(17)9-13/h2-4,7,11-14,16-17H,5-6,8-9H2,1H3. The second-order valence-electron chi connectivity index (χ2n) is 5.63. The van der Waals surface area contributed by atoms with Crippen LogP contribution >= 0.6 is 0 Å². The summed E-state index contributed by atoms with van der Waals surface area (Å²) in [4.78, 5) is 0. The number of hydrogen-bond donors (Lipinski definition) is 2. The molecule has 0 bridgehead atoms. The summed E-state index contributed by atoms with van der Waals surface area (Å²) >= 11 is 0. The van der Waals surface area contributed by atoms with Crippen molar-refractivity contribution in [1.82, 2.24) is 5.32 Å². The third-order valence-corrected chi connectivity index (χ3v) is 4.29. The first kappa shape index (κ1) is 12.0. The molecule has 0 spiro atoms. The molecule has 0 saturated heterocycles. The monoisotopic (exact) mass is 247 g/mol. The predicted octanol–water partition coefficient (Wildman–Crippen LogP) is 2.05. The lowest BCUT2D eigenvalue weighted by atomic mass is 9.74. The van der Waals surface area contributed by atoms with Crippen LogP contribution in [0.15, 0.2) is 24.3 Å².